The van der Waals surface area contributed by atoms with Gasteiger partial charge >= 0.3 is 5.97 Å². The molecule has 0 fully saturated rings. The first kappa shape index (κ1) is 18.5. The topological polar surface area (TPSA) is 37.3 Å². The van der Waals surface area contributed by atoms with Crippen LogP contribution in [-0.2, 0) is 4.79 Å². The highest BCUT2D eigenvalue weighted by Crippen LogP contribution is 2.13. The second-order valence-electron chi connectivity index (χ2n) is 5.59. The summed E-state index contributed by atoms with van der Waals surface area (Å²) in [5, 5.41) is 8.50. The molecular weight excluding hydrogens is 236 g/mol. The van der Waals surface area contributed by atoms with Gasteiger partial charge in [-0.25, -0.2) is 0 Å². The van der Waals surface area contributed by atoms with Crippen molar-refractivity contribution in [3.05, 3.63) is 6.92 Å². The van der Waals surface area contributed by atoms with E-state index in [0.717, 1.165) is 19.3 Å². The van der Waals surface area contributed by atoms with Gasteiger partial charge in [0.2, 0.25) is 0 Å². The first-order valence-electron chi connectivity index (χ1n) is 8.28. The molecule has 0 amide bonds. The van der Waals surface area contributed by atoms with Crippen molar-refractivity contribution in [3.8, 4) is 0 Å². The molecule has 0 bridgehead atoms. The van der Waals surface area contributed by atoms with Crippen molar-refractivity contribution >= 4 is 5.97 Å². The molecule has 0 rings (SSSR count). The van der Waals surface area contributed by atoms with E-state index in [1.165, 1.54) is 70.6 Å². The van der Waals surface area contributed by atoms with Crippen LogP contribution in [0.1, 0.15) is 96.3 Å². The van der Waals surface area contributed by atoms with Gasteiger partial charge in [-0.15, -0.1) is 0 Å². The number of carboxylic acids is 1. The molecule has 1 N–H and O–H groups in total. The molecule has 19 heavy (non-hydrogen) atoms. The molecule has 0 aliphatic carbocycles. The molecule has 2 nitrogen and oxygen atoms in total. The zero-order chi connectivity index (χ0) is 14.2. The third-order valence-electron chi connectivity index (χ3n) is 3.64. The summed E-state index contributed by atoms with van der Waals surface area (Å²) in [6, 6.07) is 0. The molecular formula is C17H33O2. The van der Waals surface area contributed by atoms with Crippen LogP contribution in [0.5, 0.6) is 0 Å². The largest absolute Gasteiger partial charge is 0.481 e. The summed E-state index contributed by atoms with van der Waals surface area (Å²) in [5.41, 5.74) is 0. The lowest BCUT2D eigenvalue weighted by Crippen LogP contribution is -1.93. The Morgan fingerprint density at radius 3 is 1.26 bits per heavy atom. The van der Waals surface area contributed by atoms with Gasteiger partial charge < -0.3 is 5.11 Å². The number of aliphatic carboxylic acids is 1. The van der Waals surface area contributed by atoms with Gasteiger partial charge in [0.25, 0.3) is 0 Å². The highest BCUT2D eigenvalue weighted by molar-refractivity contribution is 5.66. The van der Waals surface area contributed by atoms with Gasteiger partial charge in [0, 0.05) is 6.42 Å². The summed E-state index contributed by atoms with van der Waals surface area (Å²) < 4.78 is 0. The van der Waals surface area contributed by atoms with E-state index in [9.17, 15) is 4.79 Å². The lowest BCUT2D eigenvalue weighted by atomic mass is 10.0. The van der Waals surface area contributed by atoms with Gasteiger partial charge in [-0.2, -0.15) is 0 Å². The highest BCUT2D eigenvalue weighted by Gasteiger charge is 1.96. The average molecular weight is 269 g/mol. The van der Waals surface area contributed by atoms with Crippen LogP contribution in [0.3, 0.4) is 0 Å². The Kier molecular flexibility index (Phi) is 15.1. The Morgan fingerprint density at radius 1 is 0.632 bits per heavy atom. The molecule has 0 saturated heterocycles. The molecule has 0 aromatic heterocycles. The van der Waals surface area contributed by atoms with E-state index < -0.39 is 5.97 Å². The molecule has 0 aliphatic heterocycles. The lowest BCUT2D eigenvalue weighted by molar-refractivity contribution is -0.137. The van der Waals surface area contributed by atoms with Gasteiger partial charge in [-0.3, -0.25) is 4.79 Å². The van der Waals surface area contributed by atoms with Crippen LogP contribution >= 0.6 is 0 Å². The minimum atomic E-state index is -0.657. The van der Waals surface area contributed by atoms with Crippen molar-refractivity contribution in [2.45, 2.75) is 96.3 Å². The van der Waals surface area contributed by atoms with Crippen LogP contribution in [0.25, 0.3) is 0 Å². The van der Waals surface area contributed by atoms with E-state index >= 15 is 0 Å². The first-order chi connectivity index (χ1) is 9.27. The van der Waals surface area contributed by atoms with Crippen molar-refractivity contribution in [2.24, 2.45) is 0 Å². The Balaban J connectivity index is 2.93. The Labute approximate surface area is 120 Å². The molecule has 1 radical (unpaired) electrons. The van der Waals surface area contributed by atoms with Crippen LogP contribution in [0, 0.1) is 6.92 Å². The highest BCUT2D eigenvalue weighted by atomic mass is 16.4. The van der Waals surface area contributed by atoms with Crippen molar-refractivity contribution in [1.29, 1.82) is 0 Å². The molecule has 0 atom stereocenters. The molecule has 0 aromatic rings. The quantitative estimate of drug-likeness (QED) is 0.384. The normalized spacial score (nSPS) is 10.8. The maximum atomic E-state index is 10.3. The maximum absolute atomic E-state index is 10.3. The van der Waals surface area contributed by atoms with Gasteiger partial charge in [0.15, 0.2) is 0 Å². The maximum Gasteiger partial charge on any atom is 0.303 e. The van der Waals surface area contributed by atoms with E-state index in [4.69, 9.17) is 5.11 Å². The summed E-state index contributed by atoms with van der Waals surface area (Å²) in [6.45, 7) is 3.86. The Hall–Kier alpha value is -0.530. The van der Waals surface area contributed by atoms with Crippen LogP contribution in [-0.4, -0.2) is 11.1 Å². The van der Waals surface area contributed by atoms with Crippen LogP contribution in [0.15, 0.2) is 0 Å². The van der Waals surface area contributed by atoms with Crippen LogP contribution < -0.4 is 0 Å². The number of rotatable bonds is 15. The van der Waals surface area contributed by atoms with E-state index in [2.05, 4.69) is 6.92 Å². The predicted molar refractivity (Wildman–Crippen MR) is 82.2 cm³/mol. The predicted octanol–water partition coefficient (Wildman–Crippen LogP) is 5.76. The molecule has 0 aliphatic rings. The number of hydrogen-bond acceptors (Lipinski definition) is 1. The average Bonchev–Trinajstić information content (AvgIpc) is 2.39. The van der Waals surface area contributed by atoms with Crippen molar-refractivity contribution in [3.63, 3.8) is 0 Å². The van der Waals surface area contributed by atoms with E-state index in [0.29, 0.717) is 6.42 Å². The molecule has 0 spiro atoms. The molecule has 113 valence electrons. The molecule has 0 aromatic carbocycles. The smallest absolute Gasteiger partial charge is 0.303 e. The van der Waals surface area contributed by atoms with E-state index in [-0.39, 0.29) is 0 Å². The van der Waals surface area contributed by atoms with Crippen molar-refractivity contribution in [2.75, 3.05) is 0 Å². The summed E-state index contributed by atoms with van der Waals surface area (Å²) in [7, 11) is 0. The zero-order valence-corrected chi connectivity index (χ0v) is 12.7. The standard InChI is InChI=1S/C17H33O2/c1-2-3-4-5-6-7-8-9-10-11-12-13-14-15-16-17(18)19/h1-16H2,(H,18,19). The molecule has 0 heterocycles. The SMILES string of the molecule is [CH2]CCCCCCCCCCCCCCCC(=O)O. The first-order valence-corrected chi connectivity index (χ1v) is 8.28. The van der Waals surface area contributed by atoms with Gasteiger partial charge in [0.05, 0.1) is 0 Å². The zero-order valence-electron chi connectivity index (χ0n) is 12.7. The van der Waals surface area contributed by atoms with Crippen molar-refractivity contribution in [1.82, 2.24) is 0 Å². The fraction of sp³-hybridized carbons (Fsp3) is 0.882. The van der Waals surface area contributed by atoms with Crippen LogP contribution in [0.4, 0.5) is 0 Å². The Morgan fingerprint density at radius 2 is 0.947 bits per heavy atom. The molecule has 2 heteroatoms. The summed E-state index contributed by atoms with van der Waals surface area (Å²) >= 11 is 0. The minimum absolute atomic E-state index is 0.341. The fourth-order valence-electron chi connectivity index (χ4n) is 2.40. The second kappa shape index (κ2) is 15.5. The van der Waals surface area contributed by atoms with Crippen LogP contribution in [0.2, 0.25) is 0 Å². The minimum Gasteiger partial charge on any atom is -0.481 e. The van der Waals surface area contributed by atoms with Gasteiger partial charge in [0.1, 0.15) is 0 Å². The van der Waals surface area contributed by atoms with Gasteiger partial charge in [-0.1, -0.05) is 90.4 Å². The Bertz CT molecular complexity index is 190. The summed E-state index contributed by atoms with van der Waals surface area (Å²) in [4.78, 5) is 10.3. The number of carboxylic acid groups (broad SMARTS) is 1. The van der Waals surface area contributed by atoms with Crippen molar-refractivity contribution < 1.29 is 9.90 Å². The molecule has 0 unspecified atom stereocenters. The fourth-order valence-corrected chi connectivity index (χ4v) is 2.40. The second-order valence-corrected chi connectivity index (χ2v) is 5.59. The lowest BCUT2D eigenvalue weighted by Gasteiger charge is -2.02. The number of hydrogen-bond donors (Lipinski definition) is 1. The summed E-state index contributed by atoms with van der Waals surface area (Å²) in [5.74, 6) is -0.657. The number of unbranched alkanes of at least 4 members (excludes halogenated alkanes) is 13. The number of carbonyl (C=O) groups is 1. The third-order valence-corrected chi connectivity index (χ3v) is 3.64. The third kappa shape index (κ3) is 17.5. The van der Waals surface area contributed by atoms with E-state index in [1.807, 2.05) is 0 Å². The van der Waals surface area contributed by atoms with Gasteiger partial charge in [-0.05, 0) is 6.42 Å². The van der Waals surface area contributed by atoms with E-state index in [1.54, 1.807) is 0 Å². The monoisotopic (exact) mass is 269 g/mol. The summed E-state index contributed by atoms with van der Waals surface area (Å²) in [6.07, 6.45) is 18.1. The molecule has 0 saturated carbocycles.